The van der Waals surface area contributed by atoms with Gasteiger partial charge in [0.2, 0.25) is 5.91 Å². The molecule has 3 atom stereocenters. The van der Waals surface area contributed by atoms with Crippen molar-refractivity contribution in [2.24, 2.45) is 5.92 Å². The lowest BCUT2D eigenvalue weighted by atomic mass is 9.96. The molecule has 3 aromatic carbocycles. The summed E-state index contributed by atoms with van der Waals surface area (Å²) >= 11 is 0. The summed E-state index contributed by atoms with van der Waals surface area (Å²) in [4.78, 5) is 42.7. The van der Waals surface area contributed by atoms with Gasteiger partial charge in [-0.1, -0.05) is 92.7 Å². The van der Waals surface area contributed by atoms with Crippen LogP contribution in [0.3, 0.4) is 0 Å². The van der Waals surface area contributed by atoms with E-state index in [-0.39, 0.29) is 5.70 Å². The van der Waals surface area contributed by atoms with Crippen LogP contribution in [0.4, 0.5) is 13.2 Å². The molecule has 7 nitrogen and oxygen atoms in total. The Morgan fingerprint density at radius 1 is 0.905 bits per heavy atom. The fraction of sp³-hybridized carbons (Fsp3) is 0.281. The van der Waals surface area contributed by atoms with E-state index >= 15 is 0 Å². The van der Waals surface area contributed by atoms with E-state index in [1.54, 1.807) is 105 Å². The number of nitrogens with zero attached hydrogens (tertiary/aromatic N) is 3. The zero-order valence-electron chi connectivity index (χ0n) is 23.4. The minimum absolute atomic E-state index is 0.0180. The van der Waals surface area contributed by atoms with Gasteiger partial charge in [0.25, 0.3) is 11.8 Å². The van der Waals surface area contributed by atoms with Crippen LogP contribution in [0.15, 0.2) is 97.2 Å². The van der Waals surface area contributed by atoms with Crippen LogP contribution >= 0.6 is 0 Å². The molecule has 1 heterocycles. The number of rotatable bonds is 8. The molecule has 0 aromatic heterocycles. The largest absolute Gasteiger partial charge is 0.416 e. The highest BCUT2D eigenvalue weighted by molar-refractivity contribution is 6.03. The van der Waals surface area contributed by atoms with Crippen molar-refractivity contribution in [3.63, 3.8) is 0 Å². The highest BCUT2D eigenvalue weighted by atomic mass is 19.4. The van der Waals surface area contributed by atoms with Crippen molar-refractivity contribution >= 4 is 23.4 Å². The van der Waals surface area contributed by atoms with Crippen molar-refractivity contribution in [1.82, 2.24) is 14.9 Å². The Kier molecular flexibility index (Phi) is 9.16. The molecule has 0 saturated carbocycles. The van der Waals surface area contributed by atoms with Crippen LogP contribution in [0.5, 0.6) is 0 Å². The number of carbonyl (C=O) groups excluding carboxylic acids is 3. The lowest BCUT2D eigenvalue weighted by Gasteiger charge is -2.48. The van der Waals surface area contributed by atoms with E-state index < -0.39 is 54.4 Å². The van der Waals surface area contributed by atoms with Crippen LogP contribution < -0.4 is 0 Å². The number of halogens is 3. The van der Waals surface area contributed by atoms with Crippen molar-refractivity contribution in [3.05, 3.63) is 114 Å². The number of hydrazine groups is 1. The van der Waals surface area contributed by atoms with Gasteiger partial charge in [0.1, 0.15) is 6.04 Å². The third kappa shape index (κ3) is 6.38. The van der Waals surface area contributed by atoms with Crippen LogP contribution in [-0.4, -0.2) is 62.1 Å². The molecule has 3 aromatic rings. The molecule has 3 amide bonds. The van der Waals surface area contributed by atoms with E-state index in [0.29, 0.717) is 21.7 Å². The van der Waals surface area contributed by atoms with Crippen LogP contribution in [-0.2, 0) is 16.0 Å². The first-order valence-electron chi connectivity index (χ1n) is 13.5. The van der Waals surface area contributed by atoms with E-state index in [0.717, 1.165) is 11.9 Å². The van der Waals surface area contributed by atoms with Gasteiger partial charge in [0.05, 0.1) is 11.7 Å². The van der Waals surface area contributed by atoms with E-state index in [4.69, 9.17) is 0 Å². The van der Waals surface area contributed by atoms with Crippen molar-refractivity contribution in [3.8, 4) is 0 Å². The first-order chi connectivity index (χ1) is 19.9. The molecule has 1 aliphatic rings. The first kappa shape index (κ1) is 30.5. The molecule has 10 heteroatoms. The summed E-state index contributed by atoms with van der Waals surface area (Å²) in [6.07, 6.45) is -7.08. The molecule has 220 valence electrons. The number of hydrogen-bond acceptors (Lipinski definition) is 4. The monoisotopic (exact) mass is 579 g/mol. The molecule has 0 aliphatic carbocycles. The molecule has 1 aliphatic heterocycles. The normalized spacial score (nSPS) is 17.1. The molecule has 1 N–H and O–H groups in total. The average Bonchev–Trinajstić information content (AvgIpc) is 2.97. The summed E-state index contributed by atoms with van der Waals surface area (Å²) < 4.78 is 42.3. The number of benzene rings is 3. The summed E-state index contributed by atoms with van der Waals surface area (Å²) in [5.74, 6) is -2.64. The third-order valence-electron chi connectivity index (χ3n) is 7.05. The summed E-state index contributed by atoms with van der Waals surface area (Å²) in [5, 5.41) is 12.2. The highest BCUT2D eigenvalue weighted by Gasteiger charge is 2.51. The third-order valence-corrected chi connectivity index (χ3v) is 7.05. The minimum Gasteiger partial charge on any atom is -0.382 e. The van der Waals surface area contributed by atoms with Crippen LogP contribution in [0.1, 0.15) is 42.3 Å². The summed E-state index contributed by atoms with van der Waals surface area (Å²) in [5.41, 5.74) is 1.13. The van der Waals surface area contributed by atoms with E-state index in [1.165, 1.54) is 11.1 Å². The maximum atomic E-state index is 14.4. The van der Waals surface area contributed by atoms with Gasteiger partial charge in [-0.2, -0.15) is 13.2 Å². The standard InChI is InChI=1S/C32H32F3N3O4/c1-21(2)28-31(42)38(37(22(3)39)26(29(40)32(33,34)35)19-23-13-7-4-8-14-23)27(24-15-9-5-10-16-24)20-36(28)30(41)25-17-11-6-12-18-25/h4-18,20-21,26,28-29,40H,19H2,1-3H3/t26?,28-,29?/m1/s1. The summed E-state index contributed by atoms with van der Waals surface area (Å²) in [6.45, 7) is 4.46. The van der Waals surface area contributed by atoms with Crippen molar-refractivity contribution in [2.45, 2.75) is 51.6 Å². The van der Waals surface area contributed by atoms with Gasteiger partial charge >= 0.3 is 6.18 Å². The second kappa shape index (κ2) is 12.6. The molecule has 4 rings (SSSR count). The second-order valence-corrected chi connectivity index (χ2v) is 10.4. The van der Waals surface area contributed by atoms with Gasteiger partial charge in [-0.25, -0.2) is 10.0 Å². The Balaban J connectivity index is 1.94. The Bertz CT molecular complexity index is 1430. The van der Waals surface area contributed by atoms with Gasteiger partial charge in [-0.15, -0.1) is 0 Å². The van der Waals surface area contributed by atoms with Crippen molar-refractivity contribution in [2.75, 3.05) is 0 Å². The molecule has 42 heavy (non-hydrogen) atoms. The Labute approximate surface area is 242 Å². The van der Waals surface area contributed by atoms with Crippen LogP contribution in [0.25, 0.3) is 5.70 Å². The summed E-state index contributed by atoms with van der Waals surface area (Å²) in [7, 11) is 0. The van der Waals surface area contributed by atoms with Crippen LogP contribution in [0, 0.1) is 5.92 Å². The van der Waals surface area contributed by atoms with Gasteiger partial charge in [0.15, 0.2) is 6.10 Å². The fourth-order valence-electron chi connectivity index (χ4n) is 5.11. The molecule has 2 unspecified atom stereocenters. The van der Waals surface area contributed by atoms with E-state index in [9.17, 15) is 32.7 Å². The fourth-order valence-corrected chi connectivity index (χ4v) is 5.11. The van der Waals surface area contributed by atoms with Crippen LogP contribution in [0.2, 0.25) is 0 Å². The minimum atomic E-state index is -5.10. The average molecular weight is 580 g/mol. The second-order valence-electron chi connectivity index (χ2n) is 10.4. The molecule has 0 radical (unpaired) electrons. The molecule has 0 fully saturated rings. The molecule has 0 saturated heterocycles. The van der Waals surface area contributed by atoms with Gasteiger partial charge in [-0.3, -0.25) is 19.3 Å². The van der Waals surface area contributed by atoms with E-state index in [1.807, 2.05) is 0 Å². The lowest BCUT2D eigenvalue weighted by molar-refractivity contribution is -0.232. The molecule has 0 bridgehead atoms. The highest BCUT2D eigenvalue weighted by Crippen LogP contribution is 2.36. The Hall–Kier alpha value is -4.44. The number of alkyl halides is 3. The number of amides is 3. The number of carbonyl (C=O) groups is 3. The molecular formula is C32H32F3N3O4. The smallest absolute Gasteiger partial charge is 0.382 e. The van der Waals surface area contributed by atoms with Crippen molar-refractivity contribution < 1.29 is 32.7 Å². The Morgan fingerprint density at radius 2 is 1.43 bits per heavy atom. The predicted octanol–water partition coefficient (Wildman–Crippen LogP) is 5.29. The SMILES string of the molecule is CC(=O)N(C(Cc1ccccc1)C(O)C(F)(F)F)N1C(=O)[C@@H](C(C)C)N(C(=O)c2ccccc2)C=C1c1ccccc1. The van der Waals surface area contributed by atoms with Crippen molar-refractivity contribution in [1.29, 1.82) is 0 Å². The quantitative estimate of drug-likeness (QED) is 0.393. The van der Waals surface area contributed by atoms with Gasteiger partial charge in [0, 0.05) is 24.3 Å². The number of aliphatic hydroxyl groups is 1. The maximum absolute atomic E-state index is 14.4. The first-order valence-corrected chi connectivity index (χ1v) is 13.5. The Morgan fingerprint density at radius 3 is 1.93 bits per heavy atom. The van der Waals surface area contributed by atoms with Gasteiger partial charge in [-0.05, 0) is 30.0 Å². The molecular weight excluding hydrogens is 547 g/mol. The maximum Gasteiger partial charge on any atom is 0.416 e. The van der Waals surface area contributed by atoms with Gasteiger partial charge < -0.3 is 5.11 Å². The summed E-state index contributed by atoms with van der Waals surface area (Å²) in [6, 6.07) is 21.7. The predicted molar refractivity (Wildman–Crippen MR) is 151 cm³/mol. The molecule has 0 spiro atoms. The number of hydrogen-bond donors (Lipinski definition) is 1. The number of aliphatic hydroxyl groups excluding tert-OH is 1. The van der Waals surface area contributed by atoms with E-state index in [2.05, 4.69) is 0 Å². The topological polar surface area (TPSA) is 81.2 Å². The zero-order chi connectivity index (χ0) is 30.6. The lowest BCUT2D eigenvalue weighted by Crippen LogP contribution is -2.65. The zero-order valence-corrected chi connectivity index (χ0v) is 23.4.